The topological polar surface area (TPSA) is 48.0 Å². The van der Waals surface area contributed by atoms with Gasteiger partial charge in [-0.25, -0.2) is 4.79 Å². The smallest absolute Gasteiger partial charge is 0.348 e. The zero-order valence-electron chi connectivity index (χ0n) is 17.4. The molecule has 5 nitrogen and oxygen atoms in total. The summed E-state index contributed by atoms with van der Waals surface area (Å²) in [6, 6.07) is 4.60. The number of carbonyl (C=O) groups is 1. The van der Waals surface area contributed by atoms with Crippen LogP contribution in [0.2, 0.25) is 0 Å². The van der Waals surface area contributed by atoms with E-state index in [1.54, 1.807) is 7.11 Å². The van der Waals surface area contributed by atoms with E-state index in [1.165, 1.54) is 35.1 Å². The van der Waals surface area contributed by atoms with Crippen molar-refractivity contribution in [3.05, 3.63) is 49.7 Å². The third-order valence-electron chi connectivity index (χ3n) is 7.37. The standard InChI is InChI=1S/C23H23NO4S.ClH/c1-11-13-10-14-15-9-12-5-6-16(26-3)18-17(12)23(14,7-8-24(15)2)21(28-18)20(13)29-19(11)22(25)27-4;/h5-6,10,15,21H,7-9H2,1-4H3;1H. The third-order valence-corrected chi connectivity index (χ3v) is 8.70. The molecule has 1 spiro atoms. The number of likely N-dealkylation sites (tertiary alicyclic amines) is 1. The van der Waals surface area contributed by atoms with Crippen molar-refractivity contribution in [1.29, 1.82) is 0 Å². The summed E-state index contributed by atoms with van der Waals surface area (Å²) in [7, 11) is 5.36. The Bertz CT molecular complexity index is 1120. The number of ether oxygens (including phenoxy) is 3. The van der Waals surface area contributed by atoms with Crippen LogP contribution < -0.4 is 9.47 Å². The van der Waals surface area contributed by atoms with Crippen LogP contribution in [0.15, 0.2) is 17.7 Å². The van der Waals surface area contributed by atoms with E-state index in [0.29, 0.717) is 10.9 Å². The largest absolute Gasteiger partial charge is 0.493 e. The van der Waals surface area contributed by atoms with Crippen molar-refractivity contribution in [3.63, 3.8) is 0 Å². The number of hydrogen-bond donors (Lipinski definition) is 0. The minimum Gasteiger partial charge on any atom is -0.493 e. The highest BCUT2D eigenvalue weighted by molar-refractivity contribution is 7.14. The molecule has 0 radical (unpaired) electrons. The van der Waals surface area contributed by atoms with Gasteiger partial charge in [0.05, 0.1) is 24.5 Å². The molecule has 6 rings (SSSR count). The molecule has 3 heterocycles. The maximum Gasteiger partial charge on any atom is 0.348 e. The lowest BCUT2D eigenvalue weighted by Gasteiger charge is -2.53. The summed E-state index contributed by atoms with van der Waals surface area (Å²) in [6.45, 7) is 3.05. The molecule has 4 aliphatic rings. The zero-order valence-corrected chi connectivity index (χ0v) is 19.0. The van der Waals surface area contributed by atoms with Crippen molar-refractivity contribution < 1.29 is 19.0 Å². The van der Waals surface area contributed by atoms with E-state index < -0.39 is 0 Å². The number of halogens is 1. The van der Waals surface area contributed by atoms with Crippen LogP contribution in [0.4, 0.5) is 0 Å². The Labute approximate surface area is 186 Å². The van der Waals surface area contributed by atoms with Gasteiger partial charge in [-0.3, -0.25) is 4.90 Å². The molecule has 2 bridgehead atoms. The molecule has 7 heteroatoms. The Kier molecular flexibility index (Phi) is 4.31. The number of carbonyl (C=O) groups excluding carboxylic acids is 1. The molecule has 3 unspecified atom stereocenters. The van der Waals surface area contributed by atoms with Crippen LogP contribution in [-0.4, -0.2) is 44.7 Å². The fourth-order valence-corrected chi connectivity index (χ4v) is 7.30. The van der Waals surface area contributed by atoms with Gasteiger partial charge in [-0.05, 0) is 61.7 Å². The number of hydrogen-bond acceptors (Lipinski definition) is 6. The first kappa shape index (κ1) is 19.9. The molecule has 1 aromatic carbocycles. The summed E-state index contributed by atoms with van der Waals surface area (Å²) < 4.78 is 17.4. The predicted octanol–water partition coefficient (Wildman–Crippen LogP) is 4.30. The number of benzene rings is 1. The summed E-state index contributed by atoms with van der Waals surface area (Å²) in [6.07, 6.45) is 4.23. The molecular formula is C23H24ClNO4S. The summed E-state index contributed by atoms with van der Waals surface area (Å²) >= 11 is 1.53. The molecule has 2 aliphatic heterocycles. The normalized spacial score (nSPS) is 27.3. The first-order chi connectivity index (χ1) is 14.0. The van der Waals surface area contributed by atoms with Crippen molar-refractivity contribution in [2.75, 3.05) is 27.8 Å². The number of piperidine rings is 1. The Hall–Kier alpha value is -2.02. The predicted molar refractivity (Wildman–Crippen MR) is 118 cm³/mol. The molecule has 0 saturated carbocycles. The molecular weight excluding hydrogens is 422 g/mol. The summed E-state index contributed by atoms with van der Waals surface area (Å²) in [4.78, 5) is 16.7. The van der Waals surface area contributed by atoms with Crippen molar-refractivity contribution in [1.82, 2.24) is 4.90 Å². The minimum atomic E-state index is -0.269. The number of esters is 1. The second-order valence-corrected chi connectivity index (χ2v) is 9.53. The number of nitrogens with zero attached hydrogens (tertiary/aromatic N) is 1. The number of methoxy groups -OCH3 is 2. The van der Waals surface area contributed by atoms with Gasteiger partial charge >= 0.3 is 5.97 Å². The monoisotopic (exact) mass is 445 g/mol. The maximum atomic E-state index is 12.4. The fraction of sp³-hybridized carbons (Fsp3) is 0.435. The van der Waals surface area contributed by atoms with E-state index in [9.17, 15) is 4.79 Å². The van der Waals surface area contributed by atoms with Gasteiger partial charge in [0.15, 0.2) is 11.5 Å². The molecule has 0 amide bonds. The van der Waals surface area contributed by atoms with Crippen molar-refractivity contribution in [3.8, 4) is 11.5 Å². The van der Waals surface area contributed by atoms with Crippen LogP contribution in [0.25, 0.3) is 6.08 Å². The number of fused-ring (bicyclic) bond motifs is 2. The minimum absolute atomic E-state index is 0. The number of rotatable bonds is 2. The lowest BCUT2D eigenvalue weighted by Crippen LogP contribution is -2.55. The van der Waals surface area contributed by atoms with Crippen molar-refractivity contribution in [2.45, 2.75) is 37.3 Å². The molecule has 1 saturated heterocycles. The van der Waals surface area contributed by atoms with Crippen molar-refractivity contribution in [2.24, 2.45) is 0 Å². The first-order valence-corrected chi connectivity index (χ1v) is 10.8. The van der Waals surface area contributed by atoms with Gasteiger partial charge in [0.1, 0.15) is 11.0 Å². The van der Waals surface area contributed by atoms with E-state index in [2.05, 4.69) is 24.1 Å². The van der Waals surface area contributed by atoms with Gasteiger partial charge in [0, 0.05) is 11.6 Å². The Morgan fingerprint density at radius 2 is 2.13 bits per heavy atom. The highest BCUT2D eigenvalue weighted by Crippen LogP contribution is 2.67. The number of thiophene rings is 1. The SMILES string of the molecule is COC(=O)c1sc2c(c1C)C=C1C3Cc4ccc(OC)c5c4C1(CCN3C)C2O5.Cl. The molecule has 1 fully saturated rings. The van der Waals surface area contributed by atoms with Crippen LogP contribution >= 0.6 is 23.7 Å². The van der Waals surface area contributed by atoms with E-state index in [4.69, 9.17) is 14.2 Å². The Morgan fingerprint density at radius 1 is 1.33 bits per heavy atom. The van der Waals surface area contributed by atoms with E-state index >= 15 is 0 Å². The van der Waals surface area contributed by atoms with Crippen LogP contribution in [0.3, 0.4) is 0 Å². The van der Waals surface area contributed by atoms with Gasteiger partial charge in [0.25, 0.3) is 0 Å². The van der Waals surface area contributed by atoms with E-state index in [0.717, 1.165) is 46.9 Å². The van der Waals surface area contributed by atoms with Gasteiger partial charge < -0.3 is 14.2 Å². The average Bonchev–Trinajstić information content (AvgIpc) is 3.24. The van der Waals surface area contributed by atoms with Crippen LogP contribution in [0, 0.1) is 6.92 Å². The van der Waals surface area contributed by atoms with E-state index in [-0.39, 0.29) is 29.9 Å². The second-order valence-electron chi connectivity index (χ2n) is 8.48. The quantitative estimate of drug-likeness (QED) is 0.645. The summed E-state index contributed by atoms with van der Waals surface area (Å²) in [5.41, 5.74) is 6.09. The first-order valence-electron chi connectivity index (χ1n) is 10.0. The van der Waals surface area contributed by atoms with Crippen LogP contribution in [0.1, 0.15) is 49.3 Å². The van der Waals surface area contributed by atoms with Gasteiger partial charge in [-0.2, -0.15) is 0 Å². The lowest BCUT2D eigenvalue weighted by atomic mass is 9.56. The molecule has 1 aromatic heterocycles. The van der Waals surface area contributed by atoms with Gasteiger partial charge in [-0.1, -0.05) is 12.1 Å². The summed E-state index contributed by atoms with van der Waals surface area (Å²) in [5, 5.41) is 0. The fourth-order valence-electron chi connectivity index (χ4n) is 5.97. The highest BCUT2D eigenvalue weighted by Gasteiger charge is 2.62. The highest BCUT2D eigenvalue weighted by atomic mass is 35.5. The van der Waals surface area contributed by atoms with Gasteiger partial charge in [-0.15, -0.1) is 23.7 Å². The lowest BCUT2D eigenvalue weighted by molar-refractivity contribution is 0.0605. The molecule has 2 aromatic rings. The van der Waals surface area contributed by atoms with E-state index in [1.807, 2.05) is 13.0 Å². The molecule has 3 atom stereocenters. The van der Waals surface area contributed by atoms with Crippen LogP contribution in [0.5, 0.6) is 11.5 Å². The Morgan fingerprint density at radius 3 is 2.87 bits per heavy atom. The molecule has 2 aliphatic carbocycles. The summed E-state index contributed by atoms with van der Waals surface area (Å²) in [5.74, 6) is 1.42. The molecule has 158 valence electrons. The zero-order chi connectivity index (χ0) is 20.1. The van der Waals surface area contributed by atoms with Crippen LogP contribution in [-0.2, 0) is 16.6 Å². The Balaban J connectivity index is 0.00000193. The number of likely N-dealkylation sites (N-methyl/N-ethyl adjacent to an activating group) is 1. The van der Waals surface area contributed by atoms with Crippen molar-refractivity contribution >= 4 is 35.8 Å². The molecule has 30 heavy (non-hydrogen) atoms. The second kappa shape index (κ2) is 6.49. The van der Waals surface area contributed by atoms with Gasteiger partial charge in [0.2, 0.25) is 0 Å². The molecule has 0 N–H and O–H groups in total. The maximum absolute atomic E-state index is 12.4. The third kappa shape index (κ3) is 2.14. The average molecular weight is 446 g/mol.